The van der Waals surface area contributed by atoms with Gasteiger partial charge < -0.3 is 5.32 Å². The van der Waals surface area contributed by atoms with Gasteiger partial charge in [0.1, 0.15) is 0 Å². The highest BCUT2D eigenvalue weighted by molar-refractivity contribution is 5.32. The van der Waals surface area contributed by atoms with Crippen molar-refractivity contribution in [1.29, 1.82) is 0 Å². The second-order valence-electron chi connectivity index (χ2n) is 5.28. The van der Waals surface area contributed by atoms with Crippen LogP contribution in [0.4, 0.5) is 0 Å². The Morgan fingerprint density at radius 1 is 1.20 bits per heavy atom. The van der Waals surface area contributed by atoms with Crippen LogP contribution in [0.1, 0.15) is 30.4 Å². The van der Waals surface area contributed by atoms with E-state index >= 15 is 0 Å². The van der Waals surface area contributed by atoms with Crippen molar-refractivity contribution < 1.29 is 0 Å². The van der Waals surface area contributed by atoms with E-state index in [0.29, 0.717) is 5.54 Å². The summed E-state index contributed by atoms with van der Waals surface area (Å²) in [5.41, 5.74) is 3.70. The summed E-state index contributed by atoms with van der Waals surface area (Å²) in [5, 5.41) is 3.51. The van der Waals surface area contributed by atoms with Crippen LogP contribution in [-0.2, 0) is 12.8 Å². The molecule has 2 aliphatic rings. The number of hydrogen-bond donors (Lipinski definition) is 1. The van der Waals surface area contributed by atoms with Gasteiger partial charge in [0.05, 0.1) is 0 Å². The van der Waals surface area contributed by atoms with Crippen molar-refractivity contribution in [2.24, 2.45) is 5.92 Å². The molecule has 0 aromatic heterocycles. The summed E-state index contributed by atoms with van der Waals surface area (Å²) in [7, 11) is 2.12. The molecule has 0 amide bonds. The average Bonchev–Trinajstić information content (AvgIpc) is 2.91. The smallest absolute Gasteiger partial charge is 0.0182 e. The number of benzene rings is 1. The lowest BCUT2D eigenvalue weighted by Crippen LogP contribution is -2.30. The van der Waals surface area contributed by atoms with E-state index < -0.39 is 0 Å². The van der Waals surface area contributed by atoms with Crippen LogP contribution < -0.4 is 5.32 Å². The highest BCUT2D eigenvalue weighted by atomic mass is 15.0. The fourth-order valence-electron chi connectivity index (χ4n) is 3.05. The topological polar surface area (TPSA) is 12.0 Å². The first-order valence-electron chi connectivity index (χ1n) is 6.07. The molecule has 1 saturated carbocycles. The molecule has 1 nitrogen and oxygen atoms in total. The number of nitrogens with one attached hydrogen (secondary N) is 1. The van der Waals surface area contributed by atoms with Crippen molar-refractivity contribution >= 4 is 0 Å². The molecule has 80 valence electrons. The average molecular weight is 201 g/mol. The van der Waals surface area contributed by atoms with Crippen LogP contribution in [0.2, 0.25) is 0 Å². The Balaban J connectivity index is 1.69. The van der Waals surface area contributed by atoms with Gasteiger partial charge in [0.2, 0.25) is 0 Å². The lowest BCUT2D eigenvalue weighted by Gasteiger charge is -2.18. The Morgan fingerprint density at radius 2 is 1.80 bits per heavy atom. The highest BCUT2D eigenvalue weighted by Crippen LogP contribution is 2.43. The normalized spacial score (nSPS) is 22.7. The van der Waals surface area contributed by atoms with Crippen LogP contribution in [0, 0.1) is 5.92 Å². The van der Waals surface area contributed by atoms with Crippen LogP contribution in [-0.4, -0.2) is 12.6 Å². The van der Waals surface area contributed by atoms with Gasteiger partial charge in [-0.2, -0.15) is 0 Å². The van der Waals surface area contributed by atoms with Crippen molar-refractivity contribution in [3.8, 4) is 0 Å². The first kappa shape index (κ1) is 9.41. The van der Waals surface area contributed by atoms with Crippen molar-refractivity contribution in [3.05, 3.63) is 35.4 Å². The Kier molecular flexibility index (Phi) is 2.10. The quantitative estimate of drug-likeness (QED) is 0.792. The van der Waals surface area contributed by atoms with E-state index in [0.717, 1.165) is 5.92 Å². The second-order valence-corrected chi connectivity index (χ2v) is 5.28. The molecule has 3 rings (SSSR count). The minimum atomic E-state index is 0.521. The lowest BCUT2D eigenvalue weighted by molar-refractivity contribution is 0.396. The van der Waals surface area contributed by atoms with E-state index in [1.165, 1.54) is 32.1 Å². The van der Waals surface area contributed by atoms with E-state index in [9.17, 15) is 0 Å². The molecule has 0 aliphatic heterocycles. The van der Waals surface area contributed by atoms with Crippen molar-refractivity contribution in [3.63, 3.8) is 0 Å². The van der Waals surface area contributed by atoms with Gasteiger partial charge >= 0.3 is 0 Å². The molecule has 1 aromatic rings. The number of rotatable bonds is 3. The summed E-state index contributed by atoms with van der Waals surface area (Å²) in [6, 6.07) is 8.95. The minimum absolute atomic E-state index is 0.521. The van der Waals surface area contributed by atoms with Crippen LogP contribution in [0.3, 0.4) is 0 Å². The van der Waals surface area contributed by atoms with Gasteiger partial charge in [0.15, 0.2) is 0 Å². The third-order valence-corrected chi connectivity index (χ3v) is 4.20. The standard InChI is InChI=1S/C14H19N/c1-15-14(6-7-14)10-11-8-12-4-2-3-5-13(12)9-11/h2-5,11,15H,6-10H2,1H3. The summed E-state index contributed by atoms with van der Waals surface area (Å²) in [4.78, 5) is 0. The van der Waals surface area contributed by atoms with E-state index in [-0.39, 0.29) is 0 Å². The number of hydrogen-bond acceptors (Lipinski definition) is 1. The third-order valence-electron chi connectivity index (χ3n) is 4.20. The molecule has 2 aliphatic carbocycles. The third kappa shape index (κ3) is 1.69. The minimum Gasteiger partial charge on any atom is -0.314 e. The lowest BCUT2D eigenvalue weighted by atomic mass is 9.95. The van der Waals surface area contributed by atoms with Gasteiger partial charge in [-0.15, -0.1) is 0 Å². The Labute approximate surface area is 91.9 Å². The molecular weight excluding hydrogens is 182 g/mol. The van der Waals surface area contributed by atoms with Gasteiger partial charge in [-0.25, -0.2) is 0 Å². The zero-order valence-electron chi connectivity index (χ0n) is 9.42. The summed E-state index contributed by atoms with van der Waals surface area (Å²) < 4.78 is 0. The summed E-state index contributed by atoms with van der Waals surface area (Å²) >= 11 is 0. The highest BCUT2D eigenvalue weighted by Gasteiger charge is 2.43. The van der Waals surface area contributed by atoms with Crippen LogP contribution in [0.25, 0.3) is 0 Å². The first-order chi connectivity index (χ1) is 7.31. The van der Waals surface area contributed by atoms with Crippen molar-refractivity contribution in [1.82, 2.24) is 5.32 Å². The molecule has 1 aromatic carbocycles. The van der Waals surface area contributed by atoms with Gasteiger partial charge in [-0.1, -0.05) is 24.3 Å². The van der Waals surface area contributed by atoms with E-state index in [4.69, 9.17) is 0 Å². The molecule has 0 spiro atoms. The van der Waals surface area contributed by atoms with Gasteiger partial charge in [0.25, 0.3) is 0 Å². The van der Waals surface area contributed by atoms with Crippen LogP contribution in [0.5, 0.6) is 0 Å². The van der Waals surface area contributed by atoms with Gasteiger partial charge in [0, 0.05) is 5.54 Å². The largest absolute Gasteiger partial charge is 0.314 e. The van der Waals surface area contributed by atoms with Gasteiger partial charge in [-0.05, 0) is 56.2 Å². The van der Waals surface area contributed by atoms with E-state index in [1.54, 1.807) is 11.1 Å². The van der Waals surface area contributed by atoms with E-state index in [2.05, 4.69) is 36.6 Å². The summed E-state index contributed by atoms with van der Waals surface area (Å²) in [6.45, 7) is 0. The maximum absolute atomic E-state index is 3.51. The molecule has 1 N–H and O–H groups in total. The molecule has 1 fully saturated rings. The Morgan fingerprint density at radius 3 is 2.27 bits per heavy atom. The van der Waals surface area contributed by atoms with Crippen LogP contribution >= 0.6 is 0 Å². The van der Waals surface area contributed by atoms with Crippen LogP contribution in [0.15, 0.2) is 24.3 Å². The van der Waals surface area contributed by atoms with Crippen molar-refractivity contribution in [2.45, 2.75) is 37.6 Å². The maximum Gasteiger partial charge on any atom is 0.0182 e. The number of fused-ring (bicyclic) bond motifs is 1. The predicted molar refractivity (Wildman–Crippen MR) is 63.0 cm³/mol. The fourth-order valence-corrected chi connectivity index (χ4v) is 3.05. The fraction of sp³-hybridized carbons (Fsp3) is 0.571. The maximum atomic E-state index is 3.51. The van der Waals surface area contributed by atoms with E-state index in [1.807, 2.05) is 0 Å². The molecular formula is C14H19N. The summed E-state index contributed by atoms with van der Waals surface area (Å²) in [5.74, 6) is 0.886. The molecule has 0 saturated heterocycles. The molecule has 15 heavy (non-hydrogen) atoms. The molecule has 0 atom stereocenters. The second kappa shape index (κ2) is 3.34. The zero-order valence-corrected chi connectivity index (χ0v) is 9.42. The predicted octanol–water partition coefficient (Wildman–Crippen LogP) is 2.54. The molecule has 0 heterocycles. The Bertz CT molecular complexity index is 340. The zero-order chi connectivity index (χ0) is 10.3. The molecule has 0 radical (unpaired) electrons. The SMILES string of the molecule is CNC1(CC2Cc3ccccc3C2)CC1. The molecule has 0 bridgehead atoms. The molecule has 1 heteroatoms. The first-order valence-corrected chi connectivity index (χ1v) is 6.07. The van der Waals surface area contributed by atoms with Gasteiger partial charge in [-0.3, -0.25) is 0 Å². The summed E-state index contributed by atoms with van der Waals surface area (Å²) in [6.07, 6.45) is 6.75. The molecule has 0 unspecified atom stereocenters. The van der Waals surface area contributed by atoms with Crippen molar-refractivity contribution in [2.75, 3.05) is 7.05 Å². The monoisotopic (exact) mass is 201 g/mol. The Hall–Kier alpha value is -0.820.